The summed E-state index contributed by atoms with van der Waals surface area (Å²) >= 11 is 0. The molecule has 1 nitrogen and oxygen atoms in total. The molecular formula is C39H60NPSi2. The predicted octanol–water partition coefficient (Wildman–Crippen LogP) is 9.56. The predicted molar refractivity (Wildman–Crippen MR) is 201 cm³/mol. The summed E-state index contributed by atoms with van der Waals surface area (Å²) in [5.74, 6) is 0. The summed E-state index contributed by atoms with van der Waals surface area (Å²) in [6, 6.07) is 38.4. The smallest absolute Gasteiger partial charge is 0.0867 e. The fourth-order valence-corrected chi connectivity index (χ4v) is 21.8. The lowest BCUT2D eigenvalue weighted by Gasteiger charge is -2.34. The Balaban J connectivity index is 1.80. The van der Waals surface area contributed by atoms with E-state index in [1.54, 1.807) is 21.0 Å². The molecule has 3 aromatic rings. The zero-order chi connectivity index (χ0) is 30.7. The molecule has 0 spiro atoms. The monoisotopic (exact) mass is 629 g/mol. The molecule has 234 valence electrons. The summed E-state index contributed by atoms with van der Waals surface area (Å²) in [6.45, 7) is 14.5. The summed E-state index contributed by atoms with van der Waals surface area (Å²) in [5, 5.41) is 10.9. The standard InChI is InChI=1S/C39H60NPSi2/c1-7-23-42(24-8-2,25-9-3)38-21-15-19-36(31-38)41(40-35-29-33-17-13-14-18-34(33)30-35)37-20-16-22-39(32-37)43(26-10-4,27-11-5)28-12-6/h13-22,31-32,35,40H,7-12,23-30H2,1-6H3. The first kappa shape index (κ1) is 34.4. The molecule has 0 saturated heterocycles. The molecule has 0 radical (unpaired) electrons. The van der Waals surface area contributed by atoms with Gasteiger partial charge in [-0.15, -0.1) is 0 Å². The Bertz CT molecular complexity index is 1140. The van der Waals surface area contributed by atoms with Crippen molar-refractivity contribution < 1.29 is 0 Å². The minimum Gasteiger partial charge on any atom is -0.285 e. The maximum atomic E-state index is 4.34. The molecule has 0 atom stereocenters. The Morgan fingerprint density at radius 2 is 0.907 bits per heavy atom. The molecule has 1 aliphatic rings. The highest BCUT2D eigenvalue weighted by molar-refractivity contribution is 7.71. The fourth-order valence-electron chi connectivity index (χ4n) is 8.57. The molecule has 4 rings (SSSR count). The van der Waals surface area contributed by atoms with Crippen LogP contribution in [0, 0.1) is 0 Å². The highest BCUT2D eigenvalue weighted by atomic mass is 31.1. The molecule has 0 fully saturated rings. The van der Waals surface area contributed by atoms with Crippen LogP contribution in [0.15, 0.2) is 72.8 Å². The van der Waals surface area contributed by atoms with E-state index in [-0.39, 0.29) is 0 Å². The van der Waals surface area contributed by atoms with E-state index in [0.29, 0.717) is 6.04 Å². The van der Waals surface area contributed by atoms with Crippen molar-refractivity contribution in [2.45, 2.75) is 135 Å². The van der Waals surface area contributed by atoms with Crippen LogP contribution >= 0.6 is 8.07 Å². The quantitative estimate of drug-likeness (QED) is 0.109. The van der Waals surface area contributed by atoms with Crippen LogP contribution in [-0.2, 0) is 12.8 Å². The number of hydrogen-bond acceptors (Lipinski definition) is 1. The SMILES string of the molecule is CCC[Si](CCC)(CCC)c1cccc(P(NC2Cc3ccccc3C2)c2cccc([Si](CCC)(CCC)CCC)c2)c1. The Morgan fingerprint density at radius 3 is 1.26 bits per heavy atom. The lowest BCUT2D eigenvalue weighted by Crippen LogP contribution is -2.49. The first-order valence-corrected chi connectivity index (χ1v) is 24.4. The largest absolute Gasteiger partial charge is 0.285 e. The molecule has 4 heteroatoms. The Hall–Kier alpha value is -1.52. The molecule has 0 amide bonds. The van der Waals surface area contributed by atoms with Crippen molar-refractivity contribution in [3.63, 3.8) is 0 Å². The van der Waals surface area contributed by atoms with Gasteiger partial charge in [0.15, 0.2) is 0 Å². The average molecular weight is 630 g/mol. The Morgan fingerprint density at radius 1 is 0.535 bits per heavy atom. The van der Waals surface area contributed by atoms with Gasteiger partial charge in [0.05, 0.1) is 16.1 Å². The van der Waals surface area contributed by atoms with E-state index in [2.05, 4.69) is 119 Å². The van der Waals surface area contributed by atoms with E-state index in [1.165, 1.54) is 85.9 Å². The van der Waals surface area contributed by atoms with E-state index >= 15 is 0 Å². The van der Waals surface area contributed by atoms with Gasteiger partial charge in [0.1, 0.15) is 0 Å². The summed E-state index contributed by atoms with van der Waals surface area (Å²) in [7, 11) is -3.71. The molecule has 0 aliphatic heterocycles. The molecular weight excluding hydrogens is 570 g/mol. The van der Waals surface area contributed by atoms with Gasteiger partial charge in [0.25, 0.3) is 0 Å². The van der Waals surface area contributed by atoms with Crippen molar-refractivity contribution in [1.29, 1.82) is 0 Å². The third-order valence-corrected chi connectivity index (χ3v) is 24.2. The van der Waals surface area contributed by atoms with Gasteiger partial charge in [-0.1, -0.05) is 200 Å². The molecule has 1 N–H and O–H groups in total. The second-order valence-electron chi connectivity index (χ2n) is 13.5. The van der Waals surface area contributed by atoms with Gasteiger partial charge in [0, 0.05) is 14.1 Å². The third-order valence-electron chi connectivity index (χ3n) is 10.2. The van der Waals surface area contributed by atoms with Crippen LogP contribution in [0.25, 0.3) is 0 Å². The molecule has 3 aromatic carbocycles. The number of rotatable bonds is 18. The molecule has 0 aromatic heterocycles. The van der Waals surface area contributed by atoms with Crippen LogP contribution in [0.1, 0.15) is 91.2 Å². The van der Waals surface area contributed by atoms with Gasteiger partial charge < -0.3 is 0 Å². The topological polar surface area (TPSA) is 12.0 Å². The lowest BCUT2D eigenvalue weighted by molar-refractivity contribution is 0.668. The van der Waals surface area contributed by atoms with Gasteiger partial charge in [-0.3, -0.25) is 5.09 Å². The maximum Gasteiger partial charge on any atom is 0.0867 e. The van der Waals surface area contributed by atoms with Crippen LogP contribution < -0.4 is 26.1 Å². The maximum absolute atomic E-state index is 4.34. The number of benzene rings is 3. The van der Waals surface area contributed by atoms with E-state index < -0.39 is 24.2 Å². The fraction of sp³-hybridized carbons (Fsp3) is 0.538. The summed E-state index contributed by atoms with van der Waals surface area (Å²) in [5.41, 5.74) is 3.08. The summed E-state index contributed by atoms with van der Waals surface area (Å²) in [4.78, 5) is 0. The summed E-state index contributed by atoms with van der Waals surface area (Å²) in [6.07, 6.45) is 10.2. The lowest BCUT2D eigenvalue weighted by atomic mass is 10.1. The van der Waals surface area contributed by atoms with E-state index in [0.717, 1.165) is 12.8 Å². The van der Waals surface area contributed by atoms with Gasteiger partial charge in [-0.05, 0) is 34.6 Å². The molecule has 0 unspecified atom stereocenters. The average Bonchev–Trinajstić information content (AvgIpc) is 3.43. The van der Waals surface area contributed by atoms with E-state index in [4.69, 9.17) is 0 Å². The van der Waals surface area contributed by atoms with Gasteiger partial charge in [-0.2, -0.15) is 0 Å². The first-order valence-electron chi connectivity index (χ1n) is 17.8. The summed E-state index contributed by atoms with van der Waals surface area (Å²) < 4.78 is 0. The minimum atomic E-state index is -1.53. The van der Waals surface area contributed by atoms with Crippen LogP contribution in [0.2, 0.25) is 36.3 Å². The van der Waals surface area contributed by atoms with Crippen molar-refractivity contribution in [3.8, 4) is 0 Å². The number of nitrogens with one attached hydrogen (secondary N) is 1. The molecule has 43 heavy (non-hydrogen) atoms. The van der Waals surface area contributed by atoms with Gasteiger partial charge >= 0.3 is 0 Å². The zero-order valence-electron chi connectivity index (χ0n) is 28.4. The van der Waals surface area contributed by atoms with Crippen molar-refractivity contribution in [2.75, 3.05) is 0 Å². The zero-order valence-corrected chi connectivity index (χ0v) is 31.2. The normalized spacial score (nSPS) is 14.0. The van der Waals surface area contributed by atoms with Crippen LogP contribution in [0.5, 0.6) is 0 Å². The first-order chi connectivity index (χ1) is 21.0. The van der Waals surface area contributed by atoms with Crippen LogP contribution in [-0.4, -0.2) is 22.2 Å². The third kappa shape index (κ3) is 8.20. The van der Waals surface area contributed by atoms with Gasteiger partial charge in [0.2, 0.25) is 0 Å². The van der Waals surface area contributed by atoms with E-state index in [9.17, 15) is 0 Å². The van der Waals surface area contributed by atoms with Crippen molar-refractivity contribution in [1.82, 2.24) is 5.09 Å². The highest BCUT2D eigenvalue weighted by Crippen LogP contribution is 2.35. The van der Waals surface area contributed by atoms with E-state index in [1.807, 2.05) is 0 Å². The van der Waals surface area contributed by atoms with Crippen molar-refractivity contribution in [2.24, 2.45) is 0 Å². The van der Waals surface area contributed by atoms with Gasteiger partial charge in [-0.25, -0.2) is 0 Å². The molecule has 0 bridgehead atoms. The van der Waals surface area contributed by atoms with Crippen LogP contribution in [0.3, 0.4) is 0 Å². The molecule has 1 aliphatic carbocycles. The number of hydrogen-bond donors (Lipinski definition) is 1. The van der Waals surface area contributed by atoms with Crippen LogP contribution in [0.4, 0.5) is 0 Å². The molecule has 0 saturated carbocycles. The second-order valence-corrected chi connectivity index (χ2v) is 24.7. The van der Waals surface area contributed by atoms with Crippen molar-refractivity contribution >= 4 is 45.2 Å². The highest BCUT2D eigenvalue weighted by Gasteiger charge is 2.35. The second kappa shape index (κ2) is 16.7. The Kier molecular flexibility index (Phi) is 13.3. The molecule has 0 heterocycles. The Labute approximate surface area is 268 Å². The van der Waals surface area contributed by atoms with Crippen molar-refractivity contribution in [3.05, 3.63) is 83.9 Å². The minimum absolute atomic E-state index is 0.503. The number of fused-ring (bicyclic) bond motifs is 1.